The third-order valence-corrected chi connectivity index (χ3v) is 4.96. The van der Waals surface area contributed by atoms with Crippen LogP contribution in [-0.2, 0) is 9.53 Å². The zero-order chi connectivity index (χ0) is 20.4. The van der Waals surface area contributed by atoms with Crippen molar-refractivity contribution in [2.24, 2.45) is 5.92 Å². The lowest BCUT2D eigenvalue weighted by molar-refractivity contribution is -0.120. The van der Waals surface area contributed by atoms with Crippen molar-refractivity contribution in [2.75, 3.05) is 19.7 Å². The van der Waals surface area contributed by atoms with Crippen LogP contribution in [0.4, 0.5) is 0 Å². The Balaban J connectivity index is 1.68. The van der Waals surface area contributed by atoms with Gasteiger partial charge in [-0.2, -0.15) is 0 Å². The molecular formula is C22H34N2O4. The van der Waals surface area contributed by atoms with Gasteiger partial charge in [0.15, 0.2) is 0 Å². The molecular weight excluding hydrogens is 356 g/mol. The van der Waals surface area contributed by atoms with Crippen LogP contribution in [0.2, 0.25) is 0 Å². The lowest BCUT2D eigenvalue weighted by Gasteiger charge is -2.23. The van der Waals surface area contributed by atoms with Gasteiger partial charge in [0.25, 0.3) is 5.91 Å². The fourth-order valence-corrected chi connectivity index (χ4v) is 3.63. The molecule has 1 aliphatic carbocycles. The van der Waals surface area contributed by atoms with E-state index in [1.54, 1.807) is 24.3 Å². The third-order valence-electron chi connectivity index (χ3n) is 4.96. The van der Waals surface area contributed by atoms with Crippen molar-refractivity contribution >= 4 is 11.8 Å². The summed E-state index contributed by atoms with van der Waals surface area (Å²) in [6.07, 6.45) is 6.10. The van der Waals surface area contributed by atoms with Crippen molar-refractivity contribution in [1.82, 2.24) is 10.6 Å². The van der Waals surface area contributed by atoms with E-state index in [2.05, 4.69) is 10.6 Å². The zero-order valence-corrected chi connectivity index (χ0v) is 17.3. The molecule has 0 bridgehead atoms. The average molecular weight is 391 g/mol. The van der Waals surface area contributed by atoms with Gasteiger partial charge in [-0.1, -0.05) is 12.8 Å². The summed E-state index contributed by atoms with van der Waals surface area (Å²) in [4.78, 5) is 24.2. The summed E-state index contributed by atoms with van der Waals surface area (Å²) in [5, 5.41) is 5.53. The van der Waals surface area contributed by atoms with Crippen LogP contribution in [0.1, 0.15) is 63.2 Å². The lowest BCUT2D eigenvalue weighted by Crippen LogP contribution is -2.38. The van der Waals surface area contributed by atoms with E-state index in [4.69, 9.17) is 9.47 Å². The van der Waals surface area contributed by atoms with E-state index < -0.39 is 0 Å². The summed E-state index contributed by atoms with van der Waals surface area (Å²) >= 11 is 0. The minimum absolute atomic E-state index is 0.0359. The molecule has 1 aliphatic rings. The van der Waals surface area contributed by atoms with Crippen molar-refractivity contribution in [1.29, 1.82) is 0 Å². The number of nitrogens with one attached hydrogen (secondary N) is 2. The van der Waals surface area contributed by atoms with E-state index in [1.165, 1.54) is 25.7 Å². The van der Waals surface area contributed by atoms with E-state index in [0.717, 1.165) is 12.2 Å². The summed E-state index contributed by atoms with van der Waals surface area (Å²) in [7, 11) is 0. The number of hydrogen-bond donors (Lipinski definition) is 2. The maximum Gasteiger partial charge on any atom is 0.251 e. The molecule has 0 heterocycles. The molecule has 2 N–H and O–H groups in total. The van der Waals surface area contributed by atoms with Gasteiger partial charge >= 0.3 is 0 Å². The van der Waals surface area contributed by atoms with Gasteiger partial charge in [-0.05, 0) is 70.2 Å². The molecule has 2 rings (SSSR count). The Labute approximate surface area is 168 Å². The van der Waals surface area contributed by atoms with Gasteiger partial charge in [0.1, 0.15) is 5.75 Å². The molecule has 1 fully saturated rings. The highest BCUT2D eigenvalue weighted by atomic mass is 16.5. The van der Waals surface area contributed by atoms with Gasteiger partial charge in [0.2, 0.25) is 5.91 Å². The first-order valence-electron chi connectivity index (χ1n) is 10.4. The molecule has 0 radical (unpaired) electrons. The molecule has 2 amide bonds. The smallest absolute Gasteiger partial charge is 0.251 e. The number of rotatable bonds is 11. The van der Waals surface area contributed by atoms with Crippen molar-refractivity contribution in [3.63, 3.8) is 0 Å². The van der Waals surface area contributed by atoms with Crippen LogP contribution in [-0.4, -0.2) is 43.7 Å². The van der Waals surface area contributed by atoms with E-state index in [-0.39, 0.29) is 30.6 Å². The van der Waals surface area contributed by atoms with E-state index in [1.807, 2.05) is 20.8 Å². The fraction of sp³-hybridized carbons (Fsp3) is 0.636. The molecule has 6 heteroatoms. The highest BCUT2D eigenvalue weighted by molar-refractivity contribution is 5.96. The SMILES string of the molecule is CCO[C@H](CCNC(=O)CNC(=O)c1ccc(OC(C)C)cc1)C1CCCC1. The summed E-state index contributed by atoms with van der Waals surface area (Å²) in [6, 6.07) is 6.90. The van der Waals surface area contributed by atoms with Crippen molar-refractivity contribution in [2.45, 2.75) is 65.1 Å². The quantitative estimate of drug-likeness (QED) is 0.608. The second-order valence-electron chi connectivity index (χ2n) is 7.55. The monoisotopic (exact) mass is 390 g/mol. The molecule has 0 aliphatic heterocycles. The highest BCUT2D eigenvalue weighted by Crippen LogP contribution is 2.30. The Morgan fingerprint density at radius 3 is 2.39 bits per heavy atom. The lowest BCUT2D eigenvalue weighted by atomic mass is 9.98. The molecule has 156 valence electrons. The van der Waals surface area contributed by atoms with Crippen LogP contribution in [0.3, 0.4) is 0 Å². The normalized spacial score (nSPS) is 15.4. The van der Waals surface area contributed by atoms with Gasteiger partial charge in [0, 0.05) is 18.7 Å². The number of benzene rings is 1. The van der Waals surface area contributed by atoms with Crippen LogP contribution in [0.15, 0.2) is 24.3 Å². The largest absolute Gasteiger partial charge is 0.491 e. The first-order chi connectivity index (χ1) is 13.5. The van der Waals surface area contributed by atoms with Crippen LogP contribution in [0.25, 0.3) is 0 Å². The van der Waals surface area contributed by atoms with E-state index in [9.17, 15) is 9.59 Å². The molecule has 1 aromatic carbocycles. The molecule has 28 heavy (non-hydrogen) atoms. The minimum Gasteiger partial charge on any atom is -0.491 e. The predicted octanol–water partition coefficient (Wildman–Crippen LogP) is 3.31. The minimum atomic E-state index is -0.274. The number of carbonyl (C=O) groups is 2. The first-order valence-corrected chi connectivity index (χ1v) is 10.4. The van der Waals surface area contributed by atoms with E-state index >= 15 is 0 Å². The molecule has 1 atom stereocenters. The Morgan fingerprint density at radius 2 is 1.79 bits per heavy atom. The molecule has 6 nitrogen and oxygen atoms in total. The molecule has 0 spiro atoms. The number of carbonyl (C=O) groups excluding carboxylic acids is 2. The summed E-state index contributed by atoms with van der Waals surface area (Å²) in [5.74, 6) is 0.869. The Morgan fingerprint density at radius 1 is 1.11 bits per heavy atom. The summed E-state index contributed by atoms with van der Waals surface area (Å²) in [5.41, 5.74) is 0.501. The summed E-state index contributed by atoms with van der Waals surface area (Å²) < 4.78 is 11.4. The standard InChI is InChI=1S/C22H34N2O4/c1-4-27-20(17-7-5-6-8-17)13-14-23-21(25)15-24-22(26)18-9-11-19(12-10-18)28-16(2)3/h9-12,16-17,20H,4-8,13-15H2,1-3H3,(H,23,25)(H,24,26)/t20-/m1/s1. The second-order valence-corrected chi connectivity index (χ2v) is 7.55. The molecule has 1 aromatic rings. The predicted molar refractivity (Wildman–Crippen MR) is 110 cm³/mol. The number of ether oxygens (including phenoxy) is 2. The van der Waals surface area contributed by atoms with Crippen LogP contribution in [0.5, 0.6) is 5.75 Å². The van der Waals surface area contributed by atoms with Gasteiger partial charge in [-0.15, -0.1) is 0 Å². The van der Waals surface area contributed by atoms with Crippen molar-refractivity contribution in [3.8, 4) is 5.75 Å². The molecule has 0 unspecified atom stereocenters. The Bertz CT molecular complexity index is 609. The average Bonchev–Trinajstić information content (AvgIpc) is 3.20. The van der Waals surface area contributed by atoms with Gasteiger partial charge < -0.3 is 20.1 Å². The van der Waals surface area contributed by atoms with Crippen LogP contribution in [0, 0.1) is 5.92 Å². The van der Waals surface area contributed by atoms with Gasteiger partial charge in [-0.25, -0.2) is 0 Å². The van der Waals surface area contributed by atoms with Gasteiger partial charge in [-0.3, -0.25) is 9.59 Å². The zero-order valence-electron chi connectivity index (χ0n) is 17.3. The van der Waals surface area contributed by atoms with Crippen molar-refractivity contribution < 1.29 is 19.1 Å². The Kier molecular flexibility index (Phi) is 9.28. The van der Waals surface area contributed by atoms with Crippen molar-refractivity contribution in [3.05, 3.63) is 29.8 Å². The maximum atomic E-state index is 12.2. The molecule has 0 saturated heterocycles. The van der Waals surface area contributed by atoms with Gasteiger partial charge in [0.05, 0.1) is 18.8 Å². The molecule has 1 saturated carbocycles. The summed E-state index contributed by atoms with van der Waals surface area (Å²) in [6.45, 7) is 7.14. The topological polar surface area (TPSA) is 76.7 Å². The van der Waals surface area contributed by atoms with Crippen LogP contribution < -0.4 is 15.4 Å². The van der Waals surface area contributed by atoms with E-state index in [0.29, 0.717) is 24.6 Å². The second kappa shape index (κ2) is 11.7. The number of hydrogen-bond acceptors (Lipinski definition) is 4. The maximum absolute atomic E-state index is 12.2. The third kappa shape index (κ3) is 7.50. The highest BCUT2D eigenvalue weighted by Gasteiger charge is 2.25. The fourth-order valence-electron chi connectivity index (χ4n) is 3.63. The van der Waals surface area contributed by atoms with Crippen LogP contribution >= 0.6 is 0 Å². The first kappa shape index (κ1) is 22.2. The molecule has 0 aromatic heterocycles. The number of amides is 2. The Hall–Kier alpha value is -2.08.